The van der Waals surface area contributed by atoms with Gasteiger partial charge < -0.3 is 10.7 Å². The molecule has 2 unspecified atom stereocenters. The highest BCUT2D eigenvalue weighted by atomic mass is 15.3. The number of aromatic nitrogens is 2. The predicted molar refractivity (Wildman–Crippen MR) is 83.6 cm³/mol. The number of nitrogens with one attached hydrogen (secondary N) is 2. The van der Waals surface area contributed by atoms with Gasteiger partial charge in [-0.15, -0.1) is 0 Å². The standard InChI is InChI=1S/C16H25N5/c1-14-3-11-4-15(2,8-14)10-16(5-11,9-14)20-12-6-18-7-13(19-12)21-17/h6-7,11H,3-5,8-10,17H2,1-2H3,(H2,19,20,21). The van der Waals surface area contributed by atoms with E-state index >= 15 is 0 Å². The van der Waals surface area contributed by atoms with E-state index < -0.39 is 0 Å². The van der Waals surface area contributed by atoms with Crippen LogP contribution in [0.25, 0.3) is 0 Å². The number of hydrazine groups is 1. The average molecular weight is 287 g/mol. The summed E-state index contributed by atoms with van der Waals surface area (Å²) in [5, 5.41) is 3.74. The van der Waals surface area contributed by atoms with Crippen molar-refractivity contribution in [3.8, 4) is 0 Å². The van der Waals surface area contributed by atoms with Gasteiger partial charge in [0.05, 0.1) is 12.4 Å². The quantitative estimate of drug-likeness (QED) is 0.588. The Kier molecular flexibility index (Phi) is 2.60. The largest absolute Gasteiger partial charge is 0.363 e. The van der Waals surface area contributed by atoms with Crippen LogP contribution in [0.3, 0.4) is 0 Å². The van der Waals surface area contributed by atoms with Gasteiger partial charge in [0.2, 0.25) is 0 Å². The summed E-state index contributed by atoms with van der Waals surface area (Å²) in [7, 11) is 0. The maximum absolute atomic E-state index is 5.44. The number of nitrogens with zero attached hydrogens (tertiary/aromatic N) is 2. The first-order valence-electron chi connectivity index (χ1n) is 7.99. The van der Waals surface area contributed by atoms with Crippen LogP contribution in [-0.2, 0) is 0 Å². The van der Waals surface area contributed by atoms with Crippen molar-refractivity contribution in [3.05, 3.63) is 12.4 Å². The molecule has 1 aromatic heterocycles. The molecule has 5 rings (SSSR count). The minimum absolute atomic E-state index is 0.199. The van der Waals surface area contributed by atoms with Crippen molar-refractivity contribution in [1.29, 1.82) is 0 Å². The van der Waals surface area contributed by atoms with Crippen LogP contribution in [0, 0.1) is 16.7 Å². The van der Waals surface area contributed by atoms with E-state index in [9.17, 15) is 0 Å². The smallest absolute Gasteiger partial charge is 0.160 e. The van der Waals surface area contributed by atoms with Crippen LogP contribution >= 0.6 is 0 Å². The Morgan fingerprint density at radius 1 is 1.05 bits per heavy atom. The van der Waals surface area contributed by atoms with E-state index in [1.54, 1.807) is 6.20 Å². The molecule has 0 radical (unpaired) electrons. The molecule has 5 nitrogen and oxygen atoms in total. The lowest BCUT2D eigenvalue weighted by Crippen LogP contribution is -2.61. The summed E-state index contributed by atoms with van der Waals surface area (Å²) < 4.78 is 0. The summed E-state index contributed by atoms with van der Waals surface area (Å²) in [5.41, 5.74) is 3.77. The predicted octanol–water partition coefficient (Wildman–Crippen LogP) is 2.92. The summed E-state index contributed by atoms with van der Waals surface area (Å²) in [6, 6.07) is 0. The normalized spacial score (nSPS) is 43.9. The molecule has 1 aromatic rings. The fourth-order valence-electron chi connectivity index (χ4n) is 6.35. The zero-order valence-electron chi connectivity index (χ0n) is 12.9. The van der Waals surface area contributed by atoms with Crippen molar-refractivity contribution >= 4 is 11.6 Å². The van der Waals surface area contributed by atoms with Crippen LogP contribution in [0.2, 0.25) is 0 Å². The fourth-order valence-corrected chi connectivity index (χ4v) is 6.35. The Hall–Kier alpha value is -1.36. The number of rotatable bonds is 3. The number of nitrogens with two attached hydrogens (primary N) is 1. The van der Waals surface area contributed by atoms with Crippen LogP contribution < -0.4 is 16.6 Å². The van der Waals surface area contributed by atoms with E-state index in [1.807, 2.05) is 6.20 Å². The minimum Gasteiger partial charge on any atom is -0.363 e. The molecule has 2 atom stereocenters. The van der Waals surface area contributed by atoms with E-state index in [2.05, 4.69) is 34.6 Å². The molecule has 0 amide bonds. The molecule has 0 aliphatic heterocycles. The molecule has 4 aliphatic rings. The molecular weight excluding hydrogens is 262 g/mol. The SMILES string of the molecule is CC12CC3CC(C)(C1)CC(Nc1cncc(NN)n1)(C3)C2. The molecule has 4 N–H and O–H groups in total. The second-order valence-corrected chi connectivity index (χ2v) is 8.47. The molecule has 4 saturated carbocycles. The number of anilines is 2. The summed E-state index contributed by atoms with van der Waals surface area (Å²) in [5.74, 6) is 7.77. The number of hydrogen-bond acceptors (Lipinski definition) is 5. The molecule has 0 aromatic carbocycles. The van der Waals surface area contributed by atoms with E-state index in [4.69, 9.17) is 5.84 Å². The molecule has 0 saturated heterocycles. The zero-order chi connectivity index (χ0) is 14.7. The highest BCUT2D eigenvalue weighted by molar-refractivity contribution is 5.43. The van der Waals surface area contributed by atoms with Crippen molar-refractivity contribution < 1.29 is 0 Å². The Morgan fingerprint density at radius 2 is 1.71 bits per heavy atom. The van der Waals surface area contributed by atoms with Crippen molar-refractivity contribution in [2.24, 2.45) is 22.6 Å². The Bertz CT molecular complexity index is 554. The third-order valence-corrected chi connectivity index (χ3v) is 5.80. The van der Waals surface area contributed by atoms with Gasteiger partial charge in [-0.1, -0.05) is 13.8 Å². The Balaban J connectivity index is 1.65. The summed E-state index contributed by atoms with van der Waals surface area (Å²) in [6.07, 6.45) is 11.4. The molecule has 4 fully saturated rings. The second kappa shape index (κ2) is 4.09. The van der Waals surface area contributed by atoms with E-state index in [1.165, 1.54) is 38.5 Å². The Morgan fingerprint density at radius 3 is 2.33 bits per heavy atom. The molecule has 1 heterocycles. The fraction of sp³-hybridized carbons (Fsp3) is 0.750. The molecule has 114 valence electrons. The molecule has 0 spiro atoms. The molecule has 4 bridgehead atoms. The topological polar surface area (TPSA) is 75.9 Å². The maximum Gasteiger partial charge on any atom is 0.160 e. The van der Waals surface area contributed by atoms with Crippen LogP contribution in [0.15, 0.2) is 12.4 Å². The zero-order valence-corrected chi connectivity index (χ0v) is 12.9. The molecule has 5 heteroatoms. The van der Waals surface area contributed by atoms with Crippen LogP contribution in [0.4, 0.5) is 11.6 Å². The highest BCUT2D eigenvalue weighted by Crippen LogP contribution is 2.66. The van der Waals surface area contributed by atoms with Gasteiger partial charge >= 0.3 is 0 Å². The summed E-state index contributed by atoms with van der Waals surface area (Å²) in [4.78, 5) is 8.72. The third-order valence-electron chi connectivity index (χ3n) is 5.80. The lowest BCUT2D eigenvalue weighted by atomic mass is 9.43. The third kappa shape index (κ3) is 2.18. The van der Waals surface area contributed by atoms with E-state index in [-0.39, 0.29) is 5.54 Å². The minimum atomic E-state index is 0.199. The summed E-state index contributed by atoms with van der Waals surface area (Å²) in [6.45, 7) is 4.96. The van der Waals surface area contributed by atoms with Gasteiger partial charge in [-0.25, -0.2) is 10.8 Å². The van der Waals surface area contributed by atoms with Gasteiger partial charge in [-0.2, -0.15) is 0 Å². The lowest BCUT2D eigenvalue weighted by molar-refractivity contribution is -0.0973. The maximum atomic E-state index is 5.44. The highest BCUT2D eigenvalue weighted by Gasteiger charge is 2.60. The van der Waals surface area contributed by atoms with Gasteiger partial charge in [-0.3, -0.25) is 4.98 Å². The van der Waals surface area contributed by atoms with Gasteiger partial charge in [0, 0.05) is 5.54 Å². The first kappa shape index (κ1) is 13.3. The van der Waals surface area contributed by atoms with Crippen molar-refractivity contribution in [2.75, 3.05) is 10.7 Å². The Labute approximate surface area is 126 Å². The van der Waals surface area contributed by atoms with E-state index in [0.717, 1.165) is 11.7 Å². The second-order valence-electron chi connectivity index (χ2n) is 8.47. The van der Waals surface area contributed by atoms with Crippen LogP contribution in [-0.4, -0.2) is 15.5 Å². The van der Waals surface area contributed by atoms with Crippen molar-refractivity contribution in [2.45, 2.75) is 57.9 Å². The first-order chi connectivity index (χ1) is 9.92. The molecule has 4 aliphatic carbocycles. The van der Waals surface area contributed by atoms with E-state index in [0.29, 0.717) is 16.6 Å². The first-order valence-corrected chi connectivity index (χ1v) is 7.99. The van der Waals surface area contributed by atoms with Gasteiger partial charge in [-0.05, 0) is 55.3 Å². The van der Waals surface area contributed by atoms with Crippen molar-refractivity contribution in [1.82, 2.24) is 9.97 Å². The summed E-state index contributed by atoms with van der Waals surface area (Å²) >= 11 is 0. The number of hydrogen-bond donors (Lipinski definition) is 3. The van der Waals surface area contributed by atoms with Gasteiger partial charge in [0.25, 0.3) is 0 Å². The molecule has 21 heavy (non-hydrogen) atoms. The number of nitrogen functional groups attached to an aromatic ring is 1. The van der Waals surface area contributed by atoms with Gasteiger partial charge in [0.15, 0.2) is 5.82 Å². The molecular formula is C16H25N5. The average Bonchev–Trinajstić information content (AvgIpc) is 2.33. The van der Waals surface area contributed by atoms with Crippen LogP contribution in [0.5, 0.6) is 0 Å². The lowest BCUT2D eigenvalue weighted by Gasteiger charge is -2.65. The monoisotopic (exact) mass is 287 g/mol. The van der Waals surface area contributed by atoms with Crippen LogP contribution in [0.1, 0.15) is 52.4 Å². The van der Waals surface area contributed by atoms with Gasteiger partial charge in [0.1, 0.15) is 5.82 Å². The van der Waals surface area contributed by atoms with Crippen molar-refractivity contribution in [3.63, 3.8) is 0 Å².